The first-order valence-corrected chi connectivity index (χ1v) is 6.55. The third-order valence-electron chi connectivity index (χ3n) is 3.40. The van der Waals surface area contributed by atoms with E-state index in [9.17, 15) is 0 Å². The van der Waals surface area contributed by atoms with Crippen LogP contribution in [0, 0.1) is 6.92 Å². The van der Waals surface area contributed by atoms with Crippen molar-refractivity contribution in [2.24, 2.45) is 0 Å². The molecule has 0 fully saturated rings. The summed E-state index contributed by atoms with van der Waals surface area (Å²) in [6.07, 6.45) is 0. The lowest BCUT2D eigenvalue weighted by molar-refractivity contribution is 0.582. The van der Waals surface area contributed by atoms with Crippen molar-refractivity contribution >= 4 is 22.8 Å². The number of nitrogens with two attached hydrogens (primary N) is 1. The summed E-state index contributed by atoms with van der Waals surface area (Å²) in [6, 6.07) is 14.4. The minimum atomic E-state index is 0.605. The molecule has 0 aliphatic carbocycles. The van der Waals surface area contributed by atoms with Gasteiger partial charge in [-0.1, -0.05) is 24.3 Å². The molecule has 3 rings (SSSR count). The van der Waals surface area contributed by atoms with Gasteiger partial charge in [-0.3, -0.25) is 0 Å². The number of hydrogen-bond donors (Lipinski definition) is 1. The maximum atomic E-state index is 5.76. The number of nitrogens with zero attached hydrogens (tertiary/aromatic N) is 2. The van der Waals surface area contributed by atoms with E-state index in [-0.39, 0.29) is 0 Å². The molecule has 0 aliphatic heterocycles. The maximum absolute atomic E-state index is 5.76. The average molecular weight is 267 g/mol. The highest BCUT2D eigenvalue weighted by Crippen LogP contribution is 2.24. The Balaban J connectivity index is 1.89. The van der Waals surface area contributed by atoms with Gasteiger partial charge in [0.2, 0.25) is 0 Å². The lowest BCUT2D eigenvalue weighted by Crippen LogP contribution is -2.17. The highest BCUT2D eigenvalue weighted by Gasteiger charge is 2.11. The maximum Gasteiger partial charge on any atom is 0.298 e. The van der Waals surface area contributed by atoms with Crippen molar-refractivity contribution in [1.82, 2.24) is 4.98 Å². The van der Waals surface area contributed by atoms with Crippen LogP contribution in [0.5, 0.6) is 0 Å². The zero-order valence-corrected chi connectivity index (χ0v) is 11.6. The van der Waals surface area contributed by atoms with Crippen LogP contribution in [-0.4, -0.2) is 12.0 Å². The number of benzene rings is 2. The van der Waals surface area contributed by atoms with Crippen molar-refractivity contribution in [1.29, 1.82) is 0 Å². The molecule has 20 heavy (non-hydrogen) atoms. The smallest absolute Gasteiger partial charge is 0.298 e. The van der Waals surface area contributed by atoms with Crippen LogP contribution in [0.2, 0.25) is 0 Å². The third-order valence-corrected chi connectivity index (χ3v) is 3.40. The van der Waals surface area contributed by atoms with Gasteiger partial charge in [-0.15, -0.1) is 0 Å². The molecule has 102 valence electrons. The van der Waals surface area contributed by atoms with Gasteiger partial charge in [-0.05, 0) is 30.2 Å². The normalized spacial score (nSPS) is 10.9. The number of oxazole rings is 1. The van der Waals surface area contributed by atoms with Gasteiger partial charge < -0.3 is 15.1 Å². The zero-order chi connectivity index (χ0) is 14.1. The fourth-order valence-corrected chi connectivity index (χ4v) is 2.20. The molecular formula is C16H17N3O. The summed E-state index contributed by atoms with van der Waals surface area (Å²) < 4.78 is 5.76. The van der Waals surface area contributed by atoms with Crippen molar-refractivity contribution in [3.63, 3.8) is 0 Å². The number of aryl methyl sites for hydroxylation is 1. The summed E-state index contributed by atoms with van der Waals surface area (Å²) in [5.74, 6) is 0. The first kappa shape index (κ1) is 12.5. The molecular weight excluding hydrogens is 250 g/mol. The number of nitrogen functional groups attached to an aromatic ring is 1. The van der Waals surface area contributed by atoms with Gasteiger partial charge in [0, 0.05) is 25.3 Å². The van der Waals surface area contributed by atoms with Crippen molar-refractivity contribution in [2.45, 2.75) is 13.5 Å². The molecule has 0 bridgehead atoms. The van der Waals surface area contributed by atoms with E-state index in [0.717, 1.165) is 17.6 Å². The molecule has 0 radical (unpaired) electrons. The summed E-state index contributed by atoms with van der Waals surface area (Å²) in [5, 5.41) is 0. The van der Waals surface area contributed by atoms with Gasteiger partial charge in [0.15, 0.2) is 5.58 Å². The quantitative estimate of drug-likeness (QED) is 0.739. The minimum Gasteiger partial charge on any atom is -0.423 e. The van der Waals surface area contributed by atoms with E-state index in [1.807, 2.05) is 36.2 Å². The Hall–Kier alpha value is -2.49. The monoisotopic (exact) mass is 267 g/mol. The molecule has 4 nitrogen and oxygen atoms in total. The SMILES string of the molecule is Cc1ccccc1CN(C)c1nc2ccc(N)cc2o1. The van der Waals surface area contributed by atoms with Crippen LogP contribution in [0.1, 0.15) is 11.1 Å². The van der Waals surface area contributed by atoms with Gasteiger partial charge in [0.25, 0.3) is 6.01 Å². The third kappa shape index (κ3) is 2.32. The molecule has 0 atom stereocenters. The standard InChI is InChI=1S/C16H17N3O/c1-11-5-3-4-6-12(11)10-19(2)16-18-14-8-7-13(17)9-15(14)20-16/h3-9H,10,17H2,1-2H3. The number of fused-ring (bicyclic) bond motifs is 1. The average Bonchev–Trinajstić information content (AvgIpc) is 2.84. The molecule has 0 spiro atoms. The summed E-state index contributed by atoms with van der Waals surface area (Å²) in [5.41, 5.74) is 10.5. The van der Waals surface area contributed by atoms with Crippen molar-refractivity contribution < 1.29 is 4.42 Å². The van der Waals surface area contributed by atoms with Crippen LogP contribution in [0.3, 0.4) is 0 Å². The second-order valence-electron chi connectivity index (χ2n) is 5.01. The fraction of sp³-hybridized carbons (Fsp3) is 0.188. The van der Waals surface area contributed by atoms with E-state index in [2.05, 4.69) is 24.0 Å². The van der Waals surface area contributed by atoms with Crippen LogP contribution in [0.15, 0.2) is 46.9 Å². The molecule has 0 saturated heterocycles. The molecule has 0 unspecified atom stereocenters. The first-order valence-electron chi connectivity index (χ1n) is 6.55. The van der Waals surface area contributed by atoms with E-state index >= 15 is 0 Å². The fourth-order valence-electron chi connectivity index (χ4n) is 2.20. The van der Waals surface area contributed by atoms with Crippen molar-refractivity contribution in [3.05, 3.63) is 53.6 Å². The zero-order valence-electron chi connectivity index (χ0n) is 11.6. The van der Waals surface area contributed by atoms with Crippen LogP contribution >= 0.6 is 0 Å². The summed E-state index contributed by atoms with van der Waals surface area (Å²) >= 11 is 0. The first-order chi connectivity index (χ1) is 9.63. The summed E-state index contributed by atoms with van der Waals surface area (Å²) in [4.78, 5) is 6.48. The molecule has 0 saturated carbocycles. The highest BCUT2D eigenvalue weighted by atomic mass is 16.4. The van der Waals surface area contributed by atoms with Crippen LogP contribution in [0.4, 0.5) is 11.7 Å². The molecule has 0 aliphatic rings. The number of anilines is 2. The molecule has 1 heterocycles. The topological polar surface area (TPSA) is 55.3 Å². The Morgan fingerprint density at radius 1 is 1.20 bits per heavy atom. The minimum absolute atomic E-state index is 0.605. The molecule has 2 N–H and O–H groups in total. The van der Waals surface area contributed by atoms with E-state index in [1.54, 1.807) is 6.07 Å². The lowest BCUT2D eigenvalue weighted by atomic mass is 10.1. The predicted octanol–water partition coefficient (Wildman–Crippen LogP) is 3.35. The Morgan fingerprint density at radius 3 is 2.80 bits per heavy atom. The molecule has 4 heteroatoms. The highest BCUT2D eigenvalue weighted by molar-refractivity contribution is 5.78. The molecule has 1 aromatic heterocycles. The van der Waals surface area contributed by atoms with Crippen LogP contribution in [0.25, 0.3) is 11.1 Å². The van der Waals surface area contributed by atoms with Gasteiger partial charge in [0.05, 0.1) is 0 Å². The Labute approximate surface area is 117 Å². The van der Waals surface area contributed by atoms with E-state index in [4.69, 9.17) is 10.2 Å². The van der Waals surface area contributed by atoms with Crippen LogP contribution < -0.4 is 10.6 Å². The molecule has 0 amide bonds. The van der Waals surface area contributed by atoms with E-state index in [0.29, 0.717) is 11.7 Å². The number of hydrogen-bond acceptors (Lipinski definition) is 4. The summed E-state index contributed by atoms with van der Waals surface area (Å²) in [7, 11) is 1.97. The molecule has 2 aromatic carbocycles. The van der Waals surface area contributed by atoms with Crippen LogP contribution in [-0.2, 0) is 6.54 Å². The van der Waals surface area contributed by atoms with Gasteiger partial charge in [0.1, 0.15) is 5.52 Å². The van der Waals surface area contributed by atoms with Crippen molar-refractivity contribution in [3.8, 4) is 0 Å². The number of aromatic nitrogens is 1. The van der Waals surface area contributed by atoms with Gasteiger partial charge >= 0.3 is 0 Å². The Morgan fingerprint density at radius 2 is 2.00 bits per heavy atom. The van der Waals surface area contributed by atoms with E-state index < -0.39 is 0 Å². The Kier molecular flexibility index (Phi) is 3.06. The van der Waals surface area contributed by atoms with Crippen molar-refractivity contribution in [2.75, 3.05) is 17.7 Å². The predicted molar refractivity (Wildman–Crippen MR) is 81.7 cm³/mol. The lowest BCUT2D eigenvalue weighted by Gasteiger charge is -2.15. The second-order valence-corrected chi connectivity index (χ2v) is 5.01. The summed E-state index contributed by atoms with van der Waals surface area (Å²) in [6.45, 7) is 2.87. The molecule has 3 aromatic rings. The number of rotatable bonds is 3. The Bertz CT molecular complexity index is 748. The second kappa shape index (κ2) is 4.89. The van der Waals surface area contributed by atoms with Gasteiger partial charge in [-0.2, -0.15) is 4.98 Å². The van der Waals surface area contributed by atoms with E-state index in [1.165, 1.54) is 11.1 Å². The van der Waals surface area contributed by atoms with Gasteiger partial charge in [-0.25, -0.2) is 0 Å². The largest absolute Gasteiger partial charge is 0.423 e.